The summed E-state index contributed by atoms with van der Waals surface area (Å²) < 4.78 is 5.50. The van der Waals surface area contributed by atoms with E-state index in [-0.39, 0.29) is 31.3 Å². The Kier molecular flexibility index (Phi) is 6.44. The number of nitrogens with one attached hydrogen (secondary N) is 2. The van der Waals surface area contributed by atoms with Gasteiger partial charge in [0.15, 0.2) is 0 Å². The summed E-state index contributed by atoms with van der Waals surface area (Å²) in [6, 6.07) is 15.1. The van der Waals surface area contributed by atoms with Gasteiger partial charge in [0.1, 0.15) is 12.6 Å². The van der Waals surface area contributed by atoms with Crippen LogP contribution in [-0.2, 0) is 14.3 Å². The Morgan fingerprint density at radius 1 is 1.06 bits per heavy atom. The van der Waals surface area contributed by atoms with Crippen molar-refractivity contribution in [3.63, 3.8) is 0 Å². The summed E-state index contributed by atoms with van der Waals surface area (Å²) in [5, 5.41) is 14.4. The van der Waals surface area contributed by atoms with Gasteiger partial charge in [-0.05, 0) is 46.9 Å². The van der Waals surface area contributed by atoms with E-state index in [9.17, 15) is 14.4 Å². The number of aliphatic carboxylic acids is 1. The van der Waals surface area contributed by atoms with Gasteiger partial charge in [-0.1, -0.05) is 55.5 Å². The average Bonchev–Trinajstić information content (AvgIpc) is 3.40. The first-order valence-corrected chi connectivity index (χ1v) is 11.0. The van der Waals surface area contributed by atoms with E-state index in [1.807, 2.05) is 36.4 Å². The lowest BCUT2D eigenvalue weighted by molar-refractivity contribution is -0.137. The molecule has 3 N–H and O–H groups in total. The summed E-state index contributed by atoms with van der Waals surface area (Å²) >= 11 is 0. The van der Waals surface area contributed by atoms with Crippen molar-refractivity contribution in [3.8, 4) is 11.1 Å². The van der Waals surface area contributed by atoms with Gasteiger partial charge in [-0.2, -0.15) is 0 Å². The molecule has 7 heteroatoms. The fraction of sp³-hybridized carbons (Fsp3) is 0.400. The summed E-state index contributed by atoms with van der Waals surface area (Å²) in [5.41, 5.74) is 4.45. The molecule has 0 aromatic heterocycles. The molecule has 2 aromatic rings. The zero-order valence-corrected chi connectivity index (χ0v) is 18.0. The molecule has 4 rings (SSSR count). The first-order chi connectivity index (χ1) is 15.4. The topological polar surface area (TPSA) is 105 Å². The molecule has 2 amide bonds. The van der Waals surface area contributed by atoms with Crippen LogP contribution in [0.3, 0.4) is 0 Å². The van der Waals surface area contributed by atoms with Crippen LogP contribution in [-0.4, -0.2) is 42.3 Å². The molecule has 1 fully saturated rings. The Hall–Kier alpha value is -3.35. The number of benzene rings is 2. The second-order valence-electron chi connectivity index (χ2n) is 8.67. The maximum absolute atomic E-state index is 12.5. The van der Waals surface area contributed by atoms with Crippen LogP contribution in [0.25, 0.3) is 11.1 Å². The smallest absolute Gasteiger partial charge is 0.407 e. The molecule has 168 valence electrons. The van der Waals surface area contributed by atoms with Gasteiger partial charge in [-0.3, -0.25) is 9.59 Å². The van der Waals surface area contributed by atoms with Gasteiger partial charge in [-0.15, -0.1) is 0 Å². The summed E-state index contributed by atoms with van der Waals surface area (Å²) in [6.45, 7) is 2.79. The van der Waals surface area contributed by atoms with Crippen molar-refractivity contribution >= 4 is 18.0 Å². The van der Waals surface area contributed by atoms with Crippen LogP contribution in [0.5, 0.6) is 0 Å². The highest BCUT2D eigenvalue weighted by molar-refractivity contribution is 5.86. The van der Waals surface area contributed by atoms with Crippen LogP contribution in [0.1, 0.15) is 43.2 Å². The third kappa shape index (κ3) is 4.93. The molecule has 7 nitrogen and oxygen atoms in total. The van der Waals surface area contributed by atoms with E-state index in [1.54, 1.807) is 0 Å². The predicted molar refractivity (Wildman–Crippen MR) is 119 cm³/mol. The van der Waals surface area contributed by atoms with Crippen LogP contribution >= 0.6 is 0 Å². The number of ether oxygens (including phenoxy) is 1. The fourth-order valence-electron chi connectivity index (χ4n) is 4.36. The molecule has 2 aliphatic carbocycles. The quantitative estimate of drug-likeness (QED) is 0.558. The molecule has 0 bridgehead atoms. The Labute approximate surface area is 187 Å². The first kappa shape index (κ1) is 21.9. The van der Waals surface area contributed by atoms with E-state index in [2.05, 4.69) is 29.7 Å². The molecule has 0 spiro atoms. The van der Waals surface area contributed by atoms with Crippen LogP contribution < -0.4 is 10.6 Å². The summed E-state index contributed by atoms with van der Waals surface area (Å²) in [5.74, 6) is -0.445. The molecule has 2 aliphatic rings. The maximum Gasteiger partial charge on any atom is 0.407 e. The lowest BCUT2D eigenvalue weighted by Crippen LogP contribution is -2.47. The minimum atomic E-state index is -1.02. The van der Waals surface area contributed by atoms with Gasteiger partial charge in [-0.25, -0.2) is 4.79 Å². The van der Waals surface area contributed by atoms with Gasteiger partial charge < -0.3 is 20.5 Å². The van der Waals surface area contributed by atoms with Gasteiger partial charge >= 0.3 is 12.1 Å². The molecule has 0 radical (unpaired) electrons. The highest BCUT2D eigenvalue weighted by atomic mass is 16.5. The number of rotatable bonds is 9. The Bertz CT molecular complexity index is 975. The van der Waals surface area contributed by atoms with Crippen molar-refractivity contribution < 1.29 is 24.2 Å². The number of carboxylic acid groups (broad SMARTS) is 1. The van der Waals surface area contributed by atoms with Crippen molar-refractivity contribution in [1.82, 2.24) is 10.6 Å². The van der Waals surface area contributed by atoms with Crippen LogP contribution in [0.2, 0.25) is 0 Å². The second kappa shape index (κ2) is 9.42. The van der Waals surface area contributed by atoms with Gasteiger partial charge in [0, 0.05) is 18.9 Å². The van der Waals surface area contributed by atoms with Crippen LogP contribution in [0, 0.1) is 11.8 Å². The first-order valence-electron chi connectivity index (χ1n) is 11.0. The van der Waals surface area contributed by atoms with E-state index in [0.29, 0.717) is 18.4 Å². The number of carboxylic acids is 1. The highest BCUT2D eigenvalue weighted by Crippen LogP contribution is 2.44. The van der Waals surface area contributed by atoms with Gasteiger partial charge in [0.05, 0.1) is 0 Å². The number of fused-ring (bicyclic) bond motifs is 3. The molecule has 0 aliphatic heterocycles. The Morgan fingerprint density at radius 3 is 2.22 bits per heavy atom. The lowest BCUT2D eigenvalue weighted by Gasteiger charge is -2.19. The van der Waals surface area contributed by atoms with Crippen molar-refractivity contribution in [1.29, 1.82) is 0 Å². The molecule has 0 heterocycles. The third-order valence-electron chi connectivity index (χ3n) is 6.41. The van der Waals surface area contributed by atoms with E-state index in [4.69, 9.17) is 9.84 Å². The van der Waals surface area contributed by atoms with Crippen LogP contribution in [0.15, 0.2) is 48.5 Å². The summed E-state index contributed by atoms with van der Waals surface area (Å²) in [6.07, 6.45) is 0.129. The van der Waals surface area contributed by atoms with E-state index in [0.717, 1.165) is 28.7 Å². The zero-order valence-electron chi connectivity index (χ0n) is 18.0. The zero-order chi connectivity index (χ0) is 22.7. The largest absolute Gasteiger partial charge is 0.481 e. The number of carbonyl (C=O) groups excluding carboxylic acids is 2. The van der Waals surface area contributed by atoms with Crippen molar-refractivity contribution in [2.75, 3.05) is 13.2 Å². The van der Waals surface area contributed by atoms with Crippen molar-refractivity contribution in [3.05, 3.63) is 59.7 Å². The predicted octanol–water partition coefficient (Wildman–Crippen LogP) is 3.53. The van der Waals surface area contributed by atoms with Crippen LogP contribution in [0.4, 0.5) is 4.79 Å². The number of hydrogen-bond donors (Lipinski definition) is 3. The molecular formula is C25H28N2O5. The van der Waals surface area contributed by atoms with E-state index >= 15 is 0 Å². The molecule has 3 unspecified atom stereocenters. The Balaban J connectivity index is 1.37. The van der Waals surface area contributed by atoms with Crippen molar-refractivity contribution in [2.24, 2.45) is 11.8 Å². The monoisotopic (exact) mass is 436 g/mol. The average molecular weight is 437 g/mol. The van der Waals surface area contributed by atoms with E-state index in [1.165, 1.54) is 0 Å². The Morgan fingerprint density at radius 2 is 1.66 bits per heavy atom. The van der Waals surface area contributed by atoms with Crippen molar-refractivity contribution in [2.45, 2.75) is 38.1 Å². The SMILES string of the molecule is CC1CC1CNC(=O)C(CCC(=O)O)NC(=O)OCC1c2ccccc2-c2ccccc21. The minimum Gasteiger partial charge on any atom is -0.481 e. The molecule has 2 aromatic carbocycles. The molecular weight excluding hydrogens is 408 g/mol. The lowest BCUT2D eigenvalue weighted by atomic mass is 9.98. The summed E-state index contributed by atoms with van der Waals surface area (Å²) in [4.78, 5) is 36.1. The van der Waals surface area contributed by atoms with E-state index < -0.39 is 18.1 Å². The minimum absolute atomic E-state index is 0.00554. The third-order valence-corrected chi connectivity index (χ3v) is 6.41. The standard InChI is InChI=1S/C25H28N2O5/c1-15-12-16(15)13-26-24(30)22(10-11-23(28)29)27-25(31)32-14-21-19-8-4-2-6-17(19)18-7-3-5-9-20(18)21/h2-9,15-16,21-22H,10-14H2,1H3,(H,26,30)(H,27,31)(H,28,29). The number of hydrogen-bond acceptors (Lipinski definition) is 4. The van der Waals surface area contributed by atoms with Gasteiger partial charge in [0.25, 0.3) is 0 Å². The van der Waals surface area contributed by atoms with Gasteiger partial charge in [0.2, 0.25) is 5.91 Å². The highest BCUT2D eigenvalue weighted by Gasteiger charge is 2.34. The number of alkyl carbamates (subject to hydrolysis) is 1. The second-order valence-corrected chi connectivity index (χ2v) is 8.67. The molecule has 0 saturated heterocycles. The maximum atomic E-state index is 12.5. The number of carbonyl (C=O) groups is 3. The fourth-order valence-corrected chi connectivity index (χ4v) is 4.36. The molecule has 3 atom stereocenters. The molecule has 1 saturated carbocycles. The summed E-state index contributed by atoms with van der Waals surface area (Å²) in [7, 11) is 0. The number of amides is 2. The molecule has 32 heavy (non-hydrogen) atoms. The normalized spacial score (nSPS) is 19.4.